The number of carbonyl (C=O) groups excluding carboxylic acids is 2. The van der Waals surface area contributed by atoms with E-state index in [9.17, 15) is 9.59 Å². The van der Waals surface area contributed by atoms with Crippen LogP contribution in [0.25, 0.3) is 11.3 Å². The van der Waals surface area contributed by atoms with Gasteiger partial charge in [-0.1, -0.05) is 12.1 Å². The minimum Gasteiger partial charge on any atom is -0.469 e. The minimum absolute atomic E-state index is 0.0712. The molecule has 1 heterocycles. The van der Waals surface area contributed by atoms with Crippen molar-refractivity contribution >= 4 is 17.6 Å². The van der Waals surface area contributed by atoms with Crippen molar-refractivity contribution in [3.8, 4) is 11.3 Å². The maximum Gasteiger partial charge on any atom is 0.306 e. The highest BCUT2D eigenvalue weighted by Crippen LogP contribution is 2.21. The predicted molar refractivity (Wildman–Crippen MR) is 78.6 cm³/mol. The number of anilines is 1. The van der Waals surface area contributed by atoms with E-state index in [0.29, 0.717) is 5.69 Å². The van der Waals surface area contributed by atoms with E-state index >= 15 is 0 Å². The third kappa shape index (κ3) is 4.17. The molecule has 0 unspecified atom stereocenters. The Kier molecular flexibility index (Phi) is 4.71. The molecule has 0 bridgehead atoms. The van der Waals surface area contributed by atoms with Gasteiger partial charge in [0.1, 0.15) is 5.82 Å². The molecule has 6 heteroatoms. The monoisotopic (exact) mass is 287 g/mol. The highest BCUT2D eigenvalue weighted by atomic mass is 16.5. The van der Waals surface area contributed by atoms with E-state index in [1.807, 2.05) is 25.1 Å². The smallest absolute Gasteiger partial charge is 0.306 e. The van der Waals surface area contributed by atoms with Gasteiger partial charge in [-0.2, -0.15) is 0 Å². The highest BCUT2D eigenvalue weighted by Gasteiger charge is 2.08. The number of nitrogens with one attached hydrogen (secondary N) is 2. The lowest BCUT2D eigenvalue weighted by Gasteiger charge is -2.06. The van der Waals surface area contributed by atoms with Crippen LogP contribution < -0.4 is 5.32 Å². The Morgan fingerprint density at radius 3 is 2.81 bits per heavy atom. The van der Waals surface area contributed by atoms with E-state index in [0.717, 1.165) is 17.1 Å². The third-order valence-electron chi connectivity index (χ3n) is 2.94. The Morgan fingerprint density at radius 1 is 1.33 bits per heavy atom. The number of H-pyrrole nitrogens is 1. The highest BCUT2D eigenvalue weighted by molar-refractivity contribution is 5.93. The van der Waals surface area contributed by atoms with Gasteiger partial charge in [0.2, 0.25) is 5.91 Å². The Bertz CT molecular complexity index is 649. The molecule has 2 aromatic rings. The van der Waals surface area contributed by atoms with E-state index in [1.54, 1.807) is 12.3 Å². The zero-order valence-electron chi connectivity index (χ0n) is 12.0. The fourth-order valence-corrected chi connectivity index (χ4v) is 1.87. The van der Waals surface area contributed by atoms with Crippen LogP contribution in [0, 0.1) is 6.92 Å². The first-order valence-corrected chi connectivity index (χ1v) is 6.57. The maximum atomic E-state index is 11.7. The number of esters is 1. The number of rotatable bonds is 5. The molecule has 0 saturated carbocycles. The predicted octanol–water partition coefficient (Wildman–Crippen LogP) is 2.28. The first kappa shape index (κ1) is 14.8. The number of ether oxygens (including phenoxy) is 1. The number of methoxy groups -OCH3 is 1. The van der Waals surface area contributed by atoms with E-state index in [-0.39, 0.29) is 18.7 Å². The summed E-state index contributed by atoms with van der Waals surface area (Å²) in [7, 11) is 1.30. The number of aromatic amines is 1. The average Bonchev–Trinajstić information content (AvgIpc) is 2.91. The maximum absolute atomic E-state index is 11.7. The topological polar surface area (TPSA) is 84.1 Å². The van der Waals surface area contributed by atoms with Crippen LogP contribution in [0.2, 0.25) is 0 Å². The van der Waals surface area contributed by atoms with Gasteiger partial charge < -0.3 is 15.0 Å². The van der Waals surface area contributed by atoms with E-state index < -0.39 is 5.97 Å². The van der Waals surface area contributed by atoms with Gasteiger partial charge in [0.05, 0.1) is 25.4 Å². The van der Waals surface area contributed by atoms with Gasteiger partial charge in [-0.05, 0) is 19.1 Å². The van der Waals surface area contributed by atoms with Gasteiger partial charge >= 0.3 is 5.97 Å². The van der Waals surface area contributed by atoms with Crippen molar-refractivity contribution in [2.75, 3.05) is 12.4 Å². The average molecular weight is 287 g/mol. The first-order chi connectivity index (χ1) is 10.1. The summed E-state index contributed by atoms with van der Waals surface area (Å²) >= 11 is 0. The molecular formula is C15H17N3O3. The van der Waals surface area contributed by atoms with Crippen molar-refractivity contribution in [2.45, 2.75) is 19.8 Å². The van der Waals surface area contributed by atoms with Gasteiger partial charge in [0.25, 0.3) is 0 Å². The Hall–Kier alpha value is -2.63. The van der Waals surface area contributed by atoms with Crippen LogP contribution in [0.5, 0.6) is 0 Å². The second-order valence-corrected chi connectivity index (χ2v) is 4.59. The molecule has 0 atom stereocenters. The molecular weight excluding hydrogens is 270 g/mol. The summed E-state index contributed by atoms with van der Waals surface area (Å²) in [5.74, 6) is 0.211. The number of carbonyl (C=O) groups is 2. The fourth-order valence-electron chi connectivity index (χ4n) is 1.87. The number of hydrogen-bond donors (Lipinski definition) is 2. The largest absolute Gasteiger partial charge is 0.469 e. The molecule has 0 aliphatic rings. The van der Waals surface area contributed by atoms with E-state index in [1.165, 1.54) is 7.11 Å². The second-order valence-electron chi connectivity index (χ2n) is 4.59. The van der Waals surface area contributed by atoms with Crippen LogP contribution in [-0.2, 0) is 14.3 Å². The van der Waals surface area contributed by atoms with Crippen molar-refractivity contribution in [3.05, 3.63) is 36.3 Å². The van der Waals surface area contributed by atoms with Crippen LogP contribution in [0.1, 0.15) is 18.7 Å². The van der Waals surface area contributed by atoms with Gasteiger partial charge in [-0.15, -0.1) is 0 Å². The summed E-state index contributed by atoms with van der Waals surface area (Å²) in [6.07, 6.45) is 1.91. The summed E-state index contributed by atoms with van der Waals surface area (Å²) in [5, 5.41) is 2.76. The zero-order chi connectivity index (χ0) is 15.2. The van der Waals surface area contributed by atoms with Gasteiger partial charge in [-0.25, -0.2) is 4.98 Å². The van der Waals surface area contributed by atoms with Crippen LogP contribution >= 0.6 is 0 Å². The number of aromatic nitrogens is 2. The molecule has 2 rings (SSSR count). The zero-order valence-corrected chi connectivity index (χ0v) is 12.0. The van der Waals surface area contributed by atoms with Crippen LogP contribution in [-0.4, -0.2) is 29.0 Å². The lowest BCUT2D eigenvalue weighted by molar-refractivity contribution is -0.141. The molecule has 0 fully saturated rings. The lowest BCUT2D eigenvalue weighted by Crippen LogP contribution is -2.13. The molecule has 6 nitrogen and oxygen atoms in total. The normalized spacial score (nSPS) is 10.2. The summed E-state index contributed by atoms with van der Waals surface area (Å²) in [5.41, 5.74) is 2.49. The Morgan fingerprint density at radius 2 is 2.14 bits per heavy atom. The third-order valence-corrected chi connectivity index (χ3v) is 2.94. The quantitative estimate of drug-likeness (QED) is 0.826. The van der Waals surface area contributed by atoms with Gasteiger partial charge in [-0.3, -0.25) is 9.59 Å². The van der Waals surface area contributed by atoms with E-state index in [2.05, 4.69) is 20.0 Å². The van der Waals surface area contributed by atoms with Crippen molar-refractivity contribution < 1.29 is 14.3 Å². The Balaban J connectivity index is 2.01. The molecule has 2 N–H and O–H groups in total. The number of hydrogen-bond acceptors (Lipinski definition) is 4. The number of amides is 1. The van der Waals surface area contributed by atoms with Crippen molar-refractivity contribution in [3.63, 3.8) is 0 Å². The second kappa shape index (κ2) is 6.69. The molecule has 21 heavy (non-hydrogen) atoms. The standard InChI is InChI=1S/C15H17N3O3/c1-10-16-9-13(17-10)11-4-3-5-12(8-11)18-14(19)6-7-15(20)21-2/h3-5,8-9H,6-7H2,1-2H3,(H,16,17)(H,18,19). The minimum atomic E-state index is -0.396. The van der Waals surface area contributed by atoms with Gasteiger partial charge in [0, 0.05) is 17.7 Å². The summed E-state index contributed by atoms with van der Waals surface area (Å²) in [6.45, 7) is 1.88. The van der Waals surface area contributed by atoms with Crippen molar-refractivity contribution in [1.29, 1.82) is 0 Å². The number of nitrogens with zero attached hydrogens (tertiary/aromatic N) is 1. The van der Waals surface area contributed by atoms with Crippen molar-refractivity contribution in [2.24, 2.45) is 0 Å². The molecule has 0 aliphatic heterocycles. The van der Waals surface area contributed by atoms with Crippen LogP contribution in [0.4, 0.5) is 5.69 Å². The summed E-state index contributed by atoms with van der Waals surface area (Å²) in [4.78, 5) is 30.0. The molecule has 0 aliphatic carbocycles. The molecule has 1 aromatic carbocycles. The van der Waals surface area contributed by atoms with Crippen LogP contribution in [0.3, 0.4) is 0 Å². The molecule has 0 saturated heterocycles. The van der Waals surface area contributed by atoms with Crippen LogP contribution in [0.15, 0.2) is 30.5 Å². The molecule has 1 amide bonds. The molecule has 0 radical (unpaired) electrons. The summed E-state index contributed by atoms with van der Waals surface area (Å²) < 4.78 is 4.50. The SMILES string of the molecule is COC(=O)CCC(=O)Nc1cccc(-c2cnc(C)[nH]2)c1. The number of imidazole rings is 1. The lowest BCUT2D eigenvalue weighted by atomic mass is 10.1. The Labute approximate surface area is 122 Å². The molecule has 0 spiro atoms. The first-order valence-electron chi connectivity index (χ1n) is 6.57. The number of aryl methyl sites for hydroxylation is 1. The van der Waals surface area contributed by atoms with Crippen molar-refractivity contribution in [1.82, 2.24) is 9.97 Å². The fraction of sp³-hybridized carbons (Fsp3) is 0.267. The van der Waals surface area contributed by atoms with Gasteiger partial charge in [0.15, 0.2) is 0 Å². The molecule has 110 valence electrons. The number of benzene rings is 1. The molecule has 1 aromatic heterocycles. The van der Waals surface area contributed by atoms with E-state index in [4.69, 9.17) is 0 Å². The summed E-state index contributed by atoms with van der Waals surface area (Å²) in [6, 6.07) is 7.42.